The molecule has 0 aromatic heterocycles. The Bertz CT molecular complexity index is 972. The standard InChI is InChI=1S/C18H13ClFNO3/c1-24-10-6-9-4-2-3-5-11(9)12(7-10)15-14(19)8-13(18(22)23)17(21)16(15)20/h2-8H,21H2,1H3,(H,22,23). The molecule has 0 atom stereocenters. The van der Waals surface area contributed by atoms with E-state index in [9.17, 15) is 9.18 Å². The lowest BCUT2D eigenvalue weighted by Crippen LogP contribution is -2.06. The van der Waals surface area contributed by atoms with Crippen LogP contribution in [0.4, 0.5) is 10.1 Å². The summed E-state index contributed by atoms with van der Waals surface area (Å²) >= 11 is 6.18. The van der Waals surface area contributed by atoms with Gasteiger partial charge in [0.1, 0.15) is 5.75 Å². The molecule has 4 nitrogen and oxygen atoms in total. The molecule has 0 aliphatic rings. The third-order valence-electron chi connectivity index (χ3n) is 3.83. The van der Waals surface area contributed by atoms with Gasteiger partial charge in [-0.15, -0.1) is 0 Å². The molecule has 0 aliphatic heterocycles. The molecule has 0 radical (unpaired) electrons. The average Bonchev–Trinajstić information content (AvgIpc) is 2.57. The summed E-state index contributed by atoms with van der Waals surface area (Å²) in [5.41, 5.74) is 5.37. The highest BCUT2D eigenvalue weighted by atomic mass is 35.5. The quantitative estimate of drug-likeness (QED) is 0.681. The number of methoxy groups -OCH3 is 1. The van der Waals surface area contributed by atoms with Crippen LogP contribution in [0.2, 0.25) is 5.02 Å². The van der Waals surface area contributed by atoms with Crippen LogP contribution >= 0.6 is 11.6 Å². The molecule has 122 valence electrons. The van der Waals surface area contributed by atoms with Crippen molar-refractivity contribution in [3.05, 3.63) is 58.9 Å². The summed E-state index contributed by atoms with van der Waals surface area (Å²) in [6.45, 7) is 0. The van der Waals surface area contributed by atoms with Crippen LogP contribution in [0.25, 0.3) is 21.9 Å². The Morgan fingerprint density at radius 3 is 2.62 bits per heavy atom. The highest BCUT2D eigenvalue weighted by Gasteiger charge is 2.22. The first-order valence-electron chi connectivity index (χ1n) is 7.02. The third-order valence-corrected chi connectivity index (χ3v) is 4.12. The zero-order valence-corrected chi connectivity index (χ0v) is 13.4. The maximum Gasteiger partial charge on any atom is 0.337 e. The van der Waals surface area contributed by atoms with Gasteiger partial charge in [0.25, 0.3) is 0 Å². The van der Waals surface area contributed by atoms with Crippen molar-refractivity contribution >= 4 is 34.0 Å². The van der Waals surface area contributed by atoms with Gasteiger partial charge in [0, 0.05) is 5.56 Å². The molecule has 3 N–H and O–H groups in total. The second-order valence-electron chi connectivity index (χ2n) is 5.21. The van der Waals surface area contributed by atoms with E-state index in [0.29, 0.717) is 11.3 Å². The van der Waals surface area contributed by atoms with Crippen LogP contribution in [-0.4, -0.2) is 18.2 Å². The van der Waals surface area contributed by atoms with Crippen molar-refractivity contribution in [2.75, 3.05) is 12.8 Å². The Morgan fingerprint density at radius 2 is 1.96 bits per heavy atom. The predicted octanol–water partition coefficient (Wildman–Crippen LogP) is 4.59. The number of carbonyl (C=O) groups is 1. The van der Waals surface area contributed by atoms with Crippen molar-refractivity contribution in [1.82, 2.24) is 0 Å². The highest BCUT2D eigenvalue weighted by Crippen LogP contribution is 2.41. The van der Waals surface area contributed by atoms with Crippen molar-refractivity contribution in [3.63, 3.8) is 0 Å². The van der Waals surface area contributed by atoms with Crippen LogP contribution in [0.5, 0.6) is 5.75 Å². The van der Waals surface area contributed by atoms with Crippen LogP contribution in [0.1, 0.15) is 10.4 Å². The molecule has 0 spiro atoms. The Balaban J connectivity index is 2.40. The molecular weight excluding hydrogens is 333 g/mol. The monoisotopic (exact) mass is 345 g/mol. The zero-order chi connectivity index (χ0) is 17.4. The lowest BCUT2D eigenvalue weighted by molar-refractivity contribution is 0.0697. The highest BCUT2D eigenvalue weighted by molar-refractivity contribution is 6.34. The maximum absolute atomic E-state index is 14.8. The third kappa shape index (κ3) is 2.53. The minimum absolute atomic E-state index is 0.0301. The van der Waals surface area contributed by atoms with Crippen molar-refractivity contribution in [2.24, 2.45) is 0 Å². The second-order valence-corrected chi connectivity index (χ2v) is 5.62. The smallest absolute Gasteiger partial charge is 0.337 e. The number of hydrogen-bond acceptors (Lipinski definition) is 3. The second kappa shape index (κ2) is 6.02. The summed E-state index contributed by atoms with van der Waals surface area (Å²) in [4.78, 5) is 11.2. The summed E-state index contributed by atoms with van der Waals surface area (Å²) in [5.74, 6) is -1.67. The van der Waals surface area contributed by atoms with E-state index in [1.54, 1.807) is 6.07 Å². The average molecular weight is 346 g/mol. The van der Waals surface area contributed by atoms with Gasteiger partial charge in [0.15, 0.2) is 5.82 Å². The number of nitrogen functional groups attached to an aromatic ring is 1. The topological polar surface area (TPSA) is 72.5 Å². The van der Waals surface area contributed by atoms with Gasteiger partial charge < -0.3 is 15.6 Å². The summed E-state index contributed by atoms with van der Waals surface area (Å²) in [6.07, 6.45) is 0. The van der Waals surface area contributed by atoms with Gasteiger partial charge in [-0.1, -0.05) is 35.9 Å². The lowest BCUT2D eigenvalue weighted by Gasteiger charge is -2.14. The van der Waals surface area contributed by atoms with Crippen LogP contribution in [0, 0.1) is 5.82 Å². The fraction of sp³-hybridized carbons (Fsp3) is 0.0556. The van der Waals surface area contributed by atoms with Crippen molar-refractivity contribution in [3.8, 4) is 16.9 Å². The van der Waals surface area contributed by atoms with Gasteiger partial charge in [0.05, 0.1) is 23.4 Å². The van der Waals surface area contributed by atoms with Gasteiger partial charge in [-0.05, 0) is 34.5 Å². The number of carboxylic acids is 1. The van der Waals surface area contributed by atoms with E-state index in [4.69, 9.17) is 27.2 Å². The van der Waals surface area contributed by atoms with E-state index in [2.05, 4.69) is 0 Å². The molecule has 24 heavy (non-hydrogen) atoms. The molecule has 0 heterocycles. The molecular formula is C18H13ClFNO3. The van der Waals surface area contributed by atoms with E-state index in [-0.39, 0.29) is 16.1 Å². The molecule has 0 bridgehead atoms. The molecule has 0 saturated heterocycles. The van der Waals surface area contributed by atoms with Crippen LogP contribution in [-0.2, 0) is 0 Å². The fourth-order valence-electron chi connectivity index (χ4n) is 2.67. The summed E-state index contributed by atoms with van der Waals surface area (Å²) < 4.78 is 20.1. The molecule has 0 saturated carbocycles. The molecule has 0 aliphatic carbocycles. The molecule has 3 aromatic rings. The molecule has 0 fully saturated rings. The van der Waals surface area contributed by atoms with Crippen LogP contribution < -0.4 is 10.5 Å². The number of halogens is 2. The number of ether oxygens (including phenoxy) is 1. The normalized spacial score (nSPS) is 10.8. The van der Waals surface area contributed by atoms with Crippen molar-refractivity contribution in [2.45, 2.75) is 0 Å². The van der Waals surface area contributed by atoms with Crippen LogP contribution in [0.15, 0.2) is 42.5 Å². The van der Waals surface area contributed by atoms with E-state index in [0.717, 1.165) is 16.8 Å². The Kier molecular flexibility index (Phi) is 4.03. The van der Waals surface area contributed by atoms with Crippen molar-refractivity contribution in [1.29, 1.82) is 0 Å². The van der Waals surface area contributed by atoms with Gasteiger partial charge in [-0.3, -0.25) is 0 Å². The Hall–Kier alpha value is -2.79. The number of anilines is 1. The number of hydrogen-bond donors (Lipinski definition) is 2. The molecule has 3 rings (SSSR count). The lowest BCUT2D eigenvalue weighted by atomic mass is 9.95. The first-order valence-corrected chi connectivity index (χ1v) is 7.39. The summed E-state index contributed by atoms with van der Waals surface area (Å²) in [6, 6.07) is 12.0. The largest absolute Gasteiger partial charge is 0.497 e. The van der Waals surface area contributed by atoms with Gasteiger partial charge in [-0.25, -0.2) is 9.18 Å². The van der Waals surface area contributed by atoms with Crippen molar-refractivity contribution < 1.29 is 19.0 Å². The van der Waals surface area contributed by atoms with E-state index < -0.39 is 17.5 Å². The first-order chi connectivity index (χ1) is 11.4. The van der Waals surface area contributed by atoms with E-state index >= 15 is 0 Å². The number of nitrogens with two attached hydrogens (primary N) is 1. The van der Waals surface area contributed by atoms with Gasteiger partial charge in [-0.2, -0.15) is 0 Å². The summed E-state index contributed by atoms with van der Waals surface area (Å²) in [5, 5.41) is 10.7. The number of rotatable bonds is 3. The van der Waals surface area contributed by atoms with E-state index in [1.165, 1.54) is 7.11 Å². The molecule has 0 unspecified atom stereocenters. The molecule has 0 amide bonds. The number of benzene rings is 3. The fourth-order valence-corrected chi connectivity index (χ4v) is 2.96. The predicted molar refractivity (Wildman–Crippen MR) is 92.3 cm³/mol. The SMILES string of the molecule is COc1cc(-c2c(Cl)cc(C(=O)O)c(N)c2F)c2ccccc2c1. The number of aromatic carboxylic acids is 1. The van der Waals surface area contributed by atoms with Crippen LogP contribution in [0.3, 0.4) is 0 Å². The van der Waals surface area contributed by atoms with E-state index in [1.807, 2.05) is 30.3 Å². The summed E-state index contributed by atoms with van der Waals surface area (Å²) in [7, 11) is 1.51. The number of carboxylic acid groups (broad SMARTS) is 1. The Morgan fingerprint density at radius 1 is 1.25 bits per heavy atom. The van der Waals surface area contributed by atoms with Gasteiger partial charge in [0.2, 0.25) is 0 Å². The molecule has 6 heteroatoms. The minimum atomic E-state index is -1.34. The minimum Gasteiger partial charge on any atom is -0.497 e. The first kappa shape index (κ1) is 16.1. The molecule has 3 aromatic carbocycles. The Labute approximate surface area is 142 Å². The van der Waals surface area contributed by atoms with Gasteiger partial charge >= 0.3 is 5.97 Å². The maximum atomic E-state index is 14.8. The zero-order valence-electron chi connectivity index (χ0n) is 12.6. The number of fused-ring (bicyclic) bond motifs is 1.